The summed E-state index contributed by atoms with van der Waals surface area (Å²) in [5.41, 5.74) is 0.316. The summed E-state index contributed by atoms with van der Waals surface area (Å²) in [6.07, 6.45) is -3.25. The molecule has 0 amide bonds. The van der Waals surface area contributed by atoms with Crippen molar-refractivity contribution in [2.45, 2.75) is 50.0 Å². The minimum absolute atomic E-state index is 0.0758. The van der Waals surface area contributed by atoms with Gasteiger partial charge >= 0.3 is 6.36 Å². The molecule has 1 aromatic heterocycles. The molecule has 0 aliphatic carbocycles. The lowest BCUT2D eigenvalue weighted by Crippen LogP contribution is -2.34. The number of primary sulfonamides is 1. The number of nitrogens with zero attached hydrogens (tertiary/aromatic N) is 2. The van der Waals surface area contributed by atoms with Gasteiger partial charge in [-0.3, -0.25) is 4.74 Å². The fraction of sp³-hybridized carbons (Fsp3) is 0.423. The van der Waals surface area contributed by atoms with E-state index in [0.717, 1.165) is 17.7 Å². The molecule has 218 valence electrons. The number of benzene rings is 2. The first kappa shape index (κ1) is 29.9. The zero-order chi connectivity index (χ0) is 29.1. The summed E-state index contributed by atoms with van der Waals surface area (Å²) >= 11 is 0. The van der Waals surface area contributed by atoms with Crippen LogP contribution in [0.2, 0.25) is 0 Å². The van der Waals surface area contributed by atoms with Gasteiger partial charge in [-0.15, -0.1) is 13.2 Å². The van der Waals surface area contributed by atoms with E-state index in [1.807, 2.05) is 0 Å². The monoisotopic (exact) mass is 589 g/mol. The maximum atomic E-state index is 14.4. The second kappa shape index (κ2) is 12.2. The Morgan fingerprint density at radius 1 is 1.12 bits per heavy atom. The van der Waals surface area contributed by atoms with Crippen LogP contribution >= 0.6 is 0 Å². The Morgan fingerprint density at radius 3 is 2.48 bits per heavy atom. The number of hydrogen-bond donors (Lipinski definition) is 1. The second-order valence-corrected chi connectivity index (χ2v) is 10.8. The largest absolute Gasteiger partial charge is 0.522 e. The van der Waals surface area contributed by atoms with E-state index in [2.05, 4.69) is 14.6 Å². The Labute approximate surface area is 227 Å². The van der Waals surface area contributed by atoms with E-state index < -0.39 is 34.6 Å². The predicted octanol–water partition coefficient (Wildman–Crippen LogP) is 5.12. The maximum absolute atomic E-state index is 14.4. The van der Waals surface area contributed by atoms with E-state index in [1.54, 1.807) is 19.1 Å². The molecule has 1 aliphatic heterocycles. The van der Waals surface area contributed by atoms with Gasteiger partial charge in [-0.2, -0.15) is 0 Å². The Hall–Kier alpha value is -3.07. The number of alkyl halides is 3. The van der Waals surface area contributed by atoms with Gasteiger partial charge in [0, 0.05) is 18.5 Å². The highest BCUT2D eigenvalue weighted by Crippen LogP contribution is 2.35. The highest BCUT2D eigenvalue weighted by molar-refractivity contribution is 7.89. The number of ether oxygens (including phenoxy) is 2. The summed E-state index contributed by atoms with van der Waals surface area (Å²) in [5.74, 6) is -1.96. The highest BCUT2D eigenvalue weighted by atomic mass is 32.2. The van der Waals surface area contributed by atoms with Crippen LogP contribution in [0.5, 0.6) is 5.75 Å². The average molecular weight is 590 g/mol. The van der Waals surface area contributed by atoms with Crippen molar-refractivity contribution in [2.75, 3.05) is 26.2 Å². The number of aromatic nitrogens is 1. The van der Waals surface area contributed by atoms with Crippen LogP contribution in [0.4, 0.5) is 22.0 Å². The molecule has 0 atom stereocenters. The van der Waals surface area contributed by atoms with Crippen LogP contribution < -0.4 is 9.88 Å². The summed E-state index contributed by atoms with van der Waals surface area (Å²) in [7, 11) is -3.97. The zero-order valence-electron chi connectivity index (χ0n) is 21.5. The van der Waals surface area contributed by atoms with Gasteiger partial charge in [0.1, 0.15) is 34.6 Å². The van der Waals surface area contributed by atoms with Crippen molar-refractivity contribution < 1.29 is 44.3 Å². The molecule has 1 saturated heterocycles. The number of halogens is 5. The summed E-state index contributed by atoms with van der Waals surface area (Å²) in [6, 6.07) is 7.52. The normalized spacial score (nSPS) is 15.5. The number of nitrogens with two attached hydrogens (primary N) is 1. The third kappa shape index (κ3) is 7.56. The SMILES string of the molecule is CCOc1ccc(CCN2CCC(c3nc(COC(F)(F)F)c(-c4ccc(F)cc4F)o3)CC2)cc1S(N)(=O)=O. The van der Waals surface area contributed by atoms with E-state index in [4.69, 9.17) is 14.3 Å². The fourth-order valence-corrected chi connectivity index (χ4v) is 5.30. The number of piperidine rings is 1. The smallest absolute Gasteiger partial charge is 0.492 e. The standard InChI is InChI=1S/C26H28F5N3O5S/c1-2-37-22-6-3-16(13-23(22)40(32,35)36)7-10-34-11-8-17(9-12-34)25-33-21(15-38-26(29,30)31)24(39-25)19-5-4-18(27)14-20(19)28/h3-6,13-14,17H,2,7-12,15H2,1H3,(H2,32,35,36). The molecule has 0 saturated carbocycles. The molecule has 4 rings (SSSR count). The second-order valence-electron chi connectivity index (χ2n) is 9.31. The highest BCUT2D eigenvalue weighted by Gasteiger charge is 2.32. The van der Waals surface area contributed by atoms with E-state index >= 15 is 0 Å². The Bertz CT molecular complexity index is 1440. The van der Waals surface area contributed by atoms with Crippen molar-refractivity contribution in [1.29, 1.82) is 0 Å². The van der Waals surface area contributed by atoms with Crippen LogP contribution in [-0.2, 0) is 27.8 Å². The van der Waals surface area contributed by atoms with Gasteiger partial charge in [-0.05, 0) is 69.1 Å². The third-order valence-corrected chi connectivity index (χ3v) is 7.46. The summed E-state index contributed by atoms with van der Waals surface area (Å²) in [6.45, 7) is 2.88. The first-order chi connectivity index (χ1) is 18.8. The third-order valence-electron chi connectivity index (χ3n) is 6.53. The molecule has 0 unspecified atom stereocenters. The number of oxazole rings is 1. The van der Waals surface area contributed by atoms with Crippen molar-refractivity contribution in [2.24, 2.45) is 5.14 Å². The van der Waals surface area contributed by atoms with Crippen molar-refractivity contribution in [3.63, 3.8) is 0 Å². The van der Waals surface area contributed by atoms with Crippen LogP contribution in [0.3, 0.4) is 0 Å². The summed E-state index contributed by atoms with van der Waals surface area (Å²) in [5, 5.41) is 5.34. The molecule has 0 spiro atoms. The molecule has 0 bridgehead atoms. The predicted molar refractivity (Wildman–Crippen MR) is 134 cm³/mol. The van der Waals surface area contributed by atoms with Gasteiger partial charge in [0.15, 0.2) is 11.7 Å². The molecule has 3 aromatic rings. The van der Waals surface area contributed by atoms with Gasteiger partial charge in [-0.1, -0.05) is 6.07 Å². The first-order valence-corrected chi connectivity index (χ1v) is 14.0. The summed E-state index contributed by atoms with van der Waals surface area (Å²) < 4.78 is 105. The number of rotatable bonds is 10. The van der Waals surface area contributed by atoms with Crippen molar-refractivity contribution in [1.82, 2.24) is 9.88 Å². The first-order valence-electron chi connectivity index (χ1n) is 12.5. The van der Waals surface area contributed by atoms with Gasteiger partial charge in [0.05, 0.1) is 12.2 Å². The van der Waals surface area contributed by atoms with Crippen molar-refractivity contribution >= 4 is 10.0 Å². The van der Waals surface area contributed by atoms with Crippen molar-refractivity contribution in [3.8, 4) is 17.1 Å². The van der Waals surface area contributed by atoms with E-state index in [9.17, 15) is 30.4 Å². The Kier molecular flexibility index (Phi) is 9.12. The molecule has 40 heavy (non-hydrogen) atoms. The topological polar surface area (TPSA) is 108 Å². The molecule has 1 aliphatic rings. The average Bonchev–Trinajstić information content (AvgIpc) is 3.30. The van der Waals surface area contributed by atoms with Crippen LogP contribution in [-0.4, -0.2) is 50.9 Å². The van der Waals surface area contributed by atoms with Crippen LogP contribution in [0.15, 0.2) is 45.7 Å². The molecular formula is C26H28F5N3O5S. The molecule has 2 heterocycles. The number of hydrogen-bond acceptors (Lipinski definition) is 7. The van der Waals surface area contributed by atoms with Gasteiger partial charge in [0.2, 0.25) is 10.0 Å². The Morgan fingerprint density at radius 2 is 1.85 bits per heavy atom. The molecular weight excluding hydrogens is 561 g/mol. The van der Waals surface area contributed by atoms with Gasteiger partial charge < -0.3 is 14.1 Å². The Balaban J connectivity index is 1.43. The maximum Gasteiger partial charge on any atom is 0.522 e. The fourth-order valence-electron chi connectivity index (χ4n) is 4.57. The number of sulfonamides is 1. The zero-order valence-corrected chi connectivity index (χ0v) is 22.3. The molecule has 8 nitrogen and oxygen atoms in total. The molecule has 14 heteroatoms. The van der Waals surface area contributed by atoms with Crippen LogP contribution in [0.25, 0.3) is 11.3 Å². The lowest BCUT2D eigenvalue weighted by Gasteiger charge is -2.30. The lowest BCUT2D eigenvalue weighted by molar-refractivity contribution is -0.330. The minimum atomic E-state index is -4.93. The lowest BCUT2D eigenvalue weighted by atomic mass is 9.96. The van der Waals surface area contributed by atoms with E-state index in [1.165, 1.54) is 6.07 Å². The van der Waals surface area contributed by atoms with Crippen LogP contribution in [0.1, 0.15) is 42.8 Å². The molecule has 2 N–H and O–H groups in total. The van der Waals surface area contributed by atoms with E-state index in [-0.39, 0.29) is 39.5 Å². The molecule has 1 fully saturated rings. The van der Waals surface area contributed by atoms with Gasteiger partial charge in [-0.25, -0.2) is 27.3 Å². The van der Waals surface area contributed by atoms with E-state index in [0.29, 0.717) is 51.6 Å². The minimum Gasteiger partial charge on any atom is -0.492 e. The quantitative estimate of drug-likeness (QED) is 0.327. The van der Waals surface area contributed by atoms with Crippen LogP contribution in [0, 0.1) is 11.6 Å². The van der Waals surface area contributed by atoms with Crippen molar-refractivity contribution in [3.05, 3.63) is 65.2 Å². The van der Waals surface area contributed by atoms with Gasteiger partial charge in [0.25, 0.3) is 0 Å². The molecule has 0 radical (unpaired) electrons. The summed E-state index contributed by atoms with van der Waals surface area (Å²) in [4.78, 5) is 6.28. The molecule has 2 aromatic carbocycles. The number of likely N-dealkylation sites (tertiary alicyclic amines) is 1.